The molecular weight excluding hydrogens is 471 g/mol. The fourth-order valence-corrected chi connectivity index (χ4v) is 5.17. The fraction of sp³-hybridized carbons (Fsp3) is 0.207. The average molecular weight is 499 g/mol. The Morgan fingerprint density at radius 2 is 1.86 bits per heavy atom. The number of hydrogen-bond acceptors (Lipinski definition) is 4. The van der Waals surface area contributed by atoms with Crippen molar-refractivity contribution in [2.24, 2.45) is 5.73 Å². The van der Waals surface area contributed by atoms with E-state index in [1.807, 2.05) is 54.6 Å². The minimum atomic E-state index is -1.00. The van der Waals surface area contributed by atoms with Gasteiger partial charge in [0.2, 0.25) is 17.7 Å². The summed E-state index contributed by atoms with van der Waals surface area (Å²) >= 11 is 0. The molecule has 0 aromatic heterocycles. The van der Waals surface area contributed by atoms with E-state index in [1.165, 1.54) is 23.1 Å². The molecule has 7 nitrogen and oxygen atoms in total. The molecule has 2 heterocycles. The third kappa shape index (κ3) is 4.88. The van der Waals surface area contributed by atoms with Crippen molar-refractivity contribution in [3.63, 3.8) is 0 Å². The van der Waals surface area contributed by atoms with E-state index in [0.29, 0.717) is 11.3 Å². The van der Waals surface area contributed by atoms with Crippen LogP contribution >= 0.6 is 0 Å². The minimum absolute atomic E-state index is 0.0700. The van der Waals surface area contributed by atoms with Gasteiger partial charge < -0.3 is 21.3 Å². The van der Waals surface area contributed by atoms with Gasteiger partial charge in [0.15, 0.2) is 0 Å². The molecule has 188 valence electrons. The maximum Gasteiger partial charge on any atom is 0.246 e. The Kier molecular flexibility index (Phi) is 6.58. The molecule has 3 aromatic rings. The lowest BCUT2D eigenvalue weighted by Gasteiger charge is -2.28. The summed E-state index contributed by atoms with van der Waals surface area (Å²) in [6.45, 7) is 0.0885. The molecule has 3 aromatic carbocycles. The van der Waals surface area contributed by atoms with Gasteiger partial charge in [0.05, 0.1) is 11.6 Å². The molecule has 3 atom stereocenters. The van der Waals surface area contributed by atoms with E-state index in [1.54, 1.807) is 18.2 Å². The number of carbonyl (C=O) groups excluding carboxylic acids is 3. The van der Waals surface area contributed by atoms with Crippen molar-refractivity contribution in [2.75, 3.05) is 11.9 Å². The monoisotopic (exact) mass is 498 g/mol. The van der Waals surface area contributed by atoms with Crippen molar-refractivity contribution < 1.29 is 18.8 Å². The first-order chi connectivity index (χ1) is 17.9. The third-order valence-electron chi connectivity index (χ3n) is 6.98. The zero-order valence-electron chi connectivity index (χ0n) is 20.1. The van der Waals surface area contributed by atoms with Crippen molar-refractivity contribution in [3.05, 3.63) is 107 Å². The molecule has 1 fully saturated rings. The maximum absolute atomic E-state index is 13.9. The number of para-hydroxylation sites is 1. The van der Waals surface area contributed by atoms with Crippen LogP contribution in [0.2, 0.25) is 0 Å². The molecule has 8 heteroatoms. The van der Waals surface area contributed by atoms with Gasteiger partial charge in [-0.25, -0.2) is 4.39 Å². The van der Waals surface area contributed by atoms with Gasteiger partial charge in [-0.2, -0.15) is 0 Å². The van der Waals surface area contributed by atoms with E-state index < -0.39 is 35.3 Å². The minimum Gasteiger partial charge on any atom is -0.340 e. The molecule has 0 bridgehead atoms. The molecule has 3 amide bonds. The van der Waals surface area contributed by atoms with Crippen LogP contribution in [0.5, 0.6) is 0 Å². The molecule has 2 aliphatic rings. The van der Waals surface area contributed by atoms with Crippen molar-refractivity contribution >= 4 is 29.5 Å². The number of carbonyl (C=O) groups is 3. The van der Waals surface area contributed by atoms with Crippen LogP contribution in [0.4, 0.5) is 10.1 Å². The lowest BCUT2D eigenvalue weighted by Crippen LogP contribution is -2.53. The van der Waals surface area contributed by atoms with Gasteiger partial charge in [-0.3, -0.25) is 14.4 Å². The molecule has 0 unspecified atom stereocenters. The van der Waals surface area contributed by atoms with Crippen LogP contribution in [0.3, 0.4) is 0 Å². The SMILES string of the molecule is N[C@@H]1C[C@@]2(CN1C(=O)[C@H](Cc1cccc(F)c1)NC(=O)/C=C/c1ccccc1)C(=O)Nc1ccccc12. The Morgan fingerprint density at radius 3 is 2.65 bits per heavy atom. The molecule has 0 radical (unpaired) electrons. The van der Waals surface area contributed by atoms with Gasteiger partial charge in [-0.05, 0) is 41.0 Å². The number of benzene rings is 3. The number of anilines is 1. The quantitative estimate of drug-likeness (QED) is 0.455. The second-order valence-electron chi connectivity index (χ2n) is 9.46. The molecule has 0 saturated carbocycles. The highest BCUT2D eigenvalue weighted by Gasteiger charge is 2.55. The van der Waals surface area contributed by atoms with Crippen LogP contribution in [0.25, 0.3) is 6.08 Å². The number of hydrogen-bond donors (Lipinski definition) is 3. The van der Waals surface area contributed by atoms with Crippen molar-refractivity contribution in [1.29, 1.82) is 0 Å². The Bertz CT molecular complexity index is 1380. The smallest absolute Gasteiger partial charge is 0.246 e. The summed E-state index contributed by atoms with van der Waals surface area (Å²) in [7, 11) is 0. The van der Waals surface area contributed by atoms with E-state index in [9.17, 15) is 18.8 Å². The first kappa shape index (κ1) is 24.4. The predicted octanol–water partition coefficient (Wildman–Crippen LogP) is 2.97. The van der Waals surface area contributed by atoms with Crippen LogP contribution in [0.15, 0.2) is 84.9 Å². The molecule has 37 heavy (non-hydrogen) atoms. The van der Waals surface area contributed by atoms with Crippen molar-refractivity contribution in [3.8, 4) is 0 Å². The van der Waals surface area contributed by atoms with E-state index in [-0.39, 0.29) is 25.3 Å². The standard InChI is InChI=1S/C29H27FN4O3/c30-21-10-6-9-20(15-21)16-24(32-26(35)14-13-19-7-2-1-3-8-19)27(36)34-18-29(17-25(34)31)22-11-4-5-12-23(22)33-28(29)37/h1-15,24-25H,16-18,31H2,(H,32,35)(H,33,37)/b14-13+/t24-,25-,29-/m0/s1. The molecular formula is C29H27FN4O3. The summed E-state index contributed by atoms with van der Waals surface area (Å²) < 4.78 is 13.9. The zero-order chi connectivity index (χ0) is 26.0. The number of amides is 3. The average Bonchev–Trinajstić information content (AvgIpc) is 3.38. The number of halogens is 1. The van der Waals surface area contributed by atoms with Gasteiger partial charge in [-0.1, -0.05) is 60.7 Å². The summed E-state index contributed by atoms with van der Waals surface area (Å²) in [5.41, 5.74) is 8.37. The highest BCUT2D eigenvalue weighted by molar-refractivity contribution is 6.07. The Labute approximate surface area is 214 Å². The number of likely N-dealkylation sites (tertiary alicyclic amines) is 1. The molecule has 1 spiro atoms. The molecule has 2 aliphatic heterocycles. The molecule has 4 N–H and O–H groups in total. The van der Waals surface area contributed by atoms with Crippen LogP contribution < -0.4 is 16.4 Å². The second kappa shape index (κ2) is 9.99. The first-order valence-electron chi connectivity index (χ1n) is 12.1. The highest BCUT2D eigenvalue weighted by Crippen LogP contribution is 2.45. The number of nitrogens with two attached hydrogens (primary N) is 1. The van der Waals surface area contributed by atoms with E-state index in [0.717, 1.165) is 11.1 Å². The zero-order valence-corrected chi connectivity index (χ0v) is 20.1. The summed E-state index contributed by atoms with van der Waals surface area (Å²) in [6, 6.07) is 21.6. The van der Waals surface area contributed by atoms with Gasteiger partial charge in [0.1, 0.15) is 11.9 Å². The first-order valence-corrected chi connectivity index (χ1v) is 12.1. The molecule has 1 saturated heterocycles. The summed E-state index contributed by atoms with van der Waals surface area (Å²) in [5, 5.41) is 5.66. The second-order valence-corrected chi connectivity index (χ2v) is 9.46. The van der Waals surface area contributed by atoms with E-state index >= 15 is 0 Å². The maximum atomic E-state index is 13.9. The number of fused-ring (bicyclic) bond motifs is 2. The number of nitrogens with zero attached hydrogens (tertiary/aromatic N) is 1. The summed E-state index contributed by atoms with van der Waals surface area (Å²) in [6.07, 6.45) is 2.61. The Morgan fingerprint density at radius 1 is 1.11 bits per heavy atom. The number of nitrogens with one attached hydrogen (secondary N) is 2. The molecule has 0 aliphatic carbocycles. The summed E-state index contributed by atoms with van der Waals surface area (Å²) in [4.78, 5) is 41.1. The third-order valence-corrected chi connectivity index (χ3v) is 6.98. The van der Waals surface area contributed by atoms with Crippen LogP contribution in [-0.2, 0) is 26.2 Å². The van der Waals surface area contributed by atoms with Gasteiger partial charge >= 0.3 is 0 Å². The normalized spacial score (nSPS) is 21.2. The Balaban J connectivity index is 1.39. The topological polar surface area (TPSA) is 105 Å². The highest BCUT2D eigenvalue weighted by atomic mass is 19.1. The van der Waals surface area contributed by atoms with Crippen molar-refractivity contribution in [2.45, 2.75) is 30.5 Å². The van der Waals surface area contributed by atoms with Gasteiger partial charge in [0.25, 0.3) is 0 Å². The van der Waals surface area contributed by atoms with Gasteiger partial charge in [0, 0.05) is 31.1 Å². The van der Waals surface area contributed by atoms with E-state index in [2.05, 4.69) is 10.6 Å². The molecule has 5 rings (SSSR count). The van der Waals surface area contributed by atoms with Crippen LogP contribution in [-0.4, -0.2) is 41.4 Å². The lowest BCUT2D eigenvalue weighted by molar-refractivity contribution is -0.136. The fourth-order valence-electron chi connectivity index (χ4n) is 5.17. The number of rotatable bonds is 6. The van der Waals surface area contributed by atoms with E-state index in [4.69, 9.17) is 5.73 Å². The lowest BCUT2D eigenvalue weighted by atomic mass is 9.80. The summed E-state index contributed by atoms with van der Waals surface area (Å²) in [5.74, 6) is -1.52. The van der Waals surface area contributed by atoms with Crippen molar-refractivity contribution in [1.82, 2.24) is 10.2 Å². The Hall–Kier alpha value is -4.30. The van der Waals surface area contributed by atoms with Crippen LogP contribution in [0.1, 0.15) is 23.1 Å². The predicted molar refractivity (Wildman–Crippen MR) is 139 cm³/mol. The largest absolute Gasteiger partial charge is 0.340 e. The van der Waals surface area contributed by atoms with Crippen LogP contribution in [0, 0.1) is 5.82 Å². The van der Waals surface area contributed by atoms with Gasteiger partial charge in [-0.15, -0.1) is 0 Å².